The molecule has 1 heteroatoms. The summed E-state index contributed by atoms with van der Waals surface area (Å²) >= 11 is 0. The van der Waals surface area contributed by atoms with Crippen LogP contribution in [0.3, 0.4) is 0 Å². The van der Waals surface area contributed by atoms with Crippen molar-refractivity contribution in [1.29, 1.82) is 0 Å². The smallest absolute Gasteiger partial charge is 0.0459 e. The van der Waals surface area contributed by atoms with Crippen LogP contribution < -0.4 is 0 Å². The van der Waals surface area contributed by atoms with Crippen LogP contribution in [0.1, 0.15) is 155 Å². The molecule has 0 spiro atoms. The average molecular weight is 383 g/mol. The highest BCUT2D eigenvalue weighted by Gasteiger charge is 2.06. The molecule has 0 aliphatic carbocycles. The number of hydrogen-bond donors (Lipinski definition) is 1. The van der Waals surface area contributed by atoms with Crippen LogP contribution in [0.5, 0.6) is 0 Å². The molecule has 1 nitrogen and oxygen atoms in total. The Morgan fingerprint density at radius 1 is 0.407 bits per heavy atom. The summed E-state index contributed by atoms with van der Waals surface area (Å²) in [5, 5.41) is 9.51. The minimum absolute atomic E-state index is 0.408. The van der Waals surface area contributed by atoms with Crippen molar-refractivity contribution >= 4 is 0 Å². The van der Waals surface area contributed by atoms with Crippen molar-refractivity contribution in [2.75, 3.05) is 6.61 Å². The first-order chi connectivity index (χ1) is 13.3. The summed E-state index contributed by atoms with van der Waals surface area (Å²) in [7, 11) is 0. The molecule has 1 atom stereocenters. The summed E-state index contributed by atoms with van der Waals surface area (Å²) in [4.78, 5) is 0. The molecule has 0 aromatic heterocycles. The lowest BCUT2D eigenvalue weighted by Gasteiger charge is -2.13. The maximum absolute atomic E-state index is 9.51. The number of hydrogen-bond acceptors (Lipinski definition) is 1. The van der Waals surface area contributed by atoms with Gasteiger partial charge in [0, 0.05) is 6.61 Å². The fourth-order valence-corrected chi connectivity index (χ4v) is 4.17. The monoisotopic (exact) mass is 382 g/mol. The van der Waals surface area contributed by atoms with Crippen molar-refractivity contribution in [1.82, 2.24) is 0 Å². The van der Waals surface area contributed by atoms with Gasteiger partial charge in [-0.25, -0.2) is 0 Å². The first-order valence-corrected chi connectivity index (χ1v) is 13.0. The highest BCUT2D eigenvalue weighted by Crippen LogP contribution is 2.19. The normalized spacial score (nSPS) is 12.6. The van der Waals surface area contributed by atoms with E-state index in [0.717, 1.165) is 0 Å². The molecule has 0 aliphatic heterocycles. The van der Waals surface area contributed by atoms with E-state index < -0.39 is 0 Å². The molecule has 0 aromatic carbocycles. The molecule has 0 saturated carbocycles. The Labute approximate surface area is 173 Å². The van der Waals surface area contributed by atoms with Crippen molar-refractivity contribution in [2.45, 2.75) is 155 Å². The molecule has 1 unspecified atom stereocenters. The largest absolute Gasteiger partial charge is 0.396 e. The van der Waals surface area contributed by atoms with Gasteiger partial charge in [0.1, 0.15) is 0 Å². The van der Waals surface area contributed by atoms with Crippen LogP contribution in [-0.2, 0) is 0 Å². The standard InChI is InChI=1S/C26H54O/c1-3-5-7-9-10-11-12-13-14-15-16-17-18-19-20-22-24-26(25-27)23-21-8-6-4-2/h26-27H,3-25H2,1-2H3. The molecular formula is C26H54O. The van der Waals surface area contributed by atoms with Gasteiger partial charge in [-0.05, 0) is 18.8 Å². The van der Waals surface area contributed by atoms with Gasteiger partial charge in [0.05, 0.1) is 0 Å². The van der Waals surface area contributed by atoms with Crippen molar-refractivity contribution in [3.05, 3.63) is 0 Å². The number of aliphatic hydroxyl groups excluding tert-OH is 1. The van der Waals surface area contributed by atoms with Gasteiger partial charge in [0.2, 0.25) is 0 Å². The highest BCUT2D eigenvalue weighted by atomic mass is 16.3. The lowest BCUT2D eigenvalue weighted by molar-refractivity contribution is 0.204. The van der Waals surface area contributed by atoms with Crippen LogP contribution in [0.25, 0.3) is 0 Å². The van der Waals surface area contributed by atoms with E-state index in [1.165, 1.54) is 141 Å². The lowest BCUT2D eigenvalue weighted by Crippen LogP contribution is -2.06. The molecular weight excluding hydrogens is 328 g/mol. The fraction of sp³-hybridized carbons (Fsp3) is 1.00. The number of aliphatic hydroxyl groups is 1. The zero-order chi connectivity index (χ0) is 19.8. The second kappa shape index (κ2) is 24.0. The Bertz CT molecular complexity index is 251. The van der Waals surface area contributed by atoms with Crippen LogP contribution in [0.15, 0.2) is 0 Å². The fourth-order valence-electron chi connectivity index (χ4n) is 4.17. The molecule has 0 rings (SSSR count). The van der Waals surface area contributed by atoms with Gasteiger partial charge in [-0.2, -0.15) is 0 Å². The predicted molar refractivity (Wildman–Crippen MR) is 123 cm³/mol. The van der Waals surface area contributed by atoms with E-state index in [9.17, 15) is 5.11 Å². The highest BCUT2D eigenvalue weighted by molar-refractivity contribution is 4.59. The first-order valence-electron chi connectivity index (χ1n) is 13.0. The van der Waals surface area contributed by atoms with E-state index in [2.05, 4.69) is 13.8 Å². The van der Waals surface area contributed by atoms with Gasteiger partial charge < -0.3 is 5.11 Å². The van der Waals surface area contributed by atoms with E-state index in [4.69, 9.17) is 0 Å². The van der Waals surface area contributed by atoms with Crippen LogP contribution in [0, 0.1) is 5.92 Å². The zero-order valence-electron chi connectivity index (χ0n) is 19.3. The molecule has 164 valence electrons. The number of rotatable bonds is 23. The summed E-state index contributed by atoms with van der Waals surface area (Å²) in [6.45, 7) is 4.97. The third-order valence-electron chi connectivity index (χ3n) is 6.19. The van der Waals surface area contributed by atoms with E-state index >= 15 is 0 Å². The van der Waals surface area contributed by atoms with E-state index in [1.54, 1.807) is 0 Å². The topological polar surface area (TPSA) is 20.2 Å². The molecule has 0 heterocycles. The molecule has 0 fully saturated rings. The summed E-state index contributed by atoms with van der Waals surface area (Å²) in [5.41, 5.74) is 0. The second-order valence-corrected chi connectivity index (χ2v) is 8.99. The molecule has 0 aliphatic rings. The molecule has 0 amide bonds. The van der Waals surface area contributed by atoms with Crippen LogP contribution >= 0.6 is 0 Å². The number of unbranched alkanes of at least 4 members (excludes halogenated alkanes) is 18. The molecule has 0 saturated heterocycles. The summed E-state index contributed by atoms with van der Waals surface area (Å²) in [5.74, 6) is 0.577. The van der Waals surface area contributed by atoms with Gasteiger partial charge in [-0.3, -0.25) is 0 Å². The minimum Gasteiger partial charge on any atom is -0.396 e. The predicted octanol–water partition coefficient (Wildman–Crippen LogP) is 9.22. The first kappa shape index (κ1) is 27.0. The molecule has 0 radical (unpaired) electrons. The Morgan fingerprint density at radius 3 is 0.963 bits per heavy atom. The zero-order valence-corrected chi connectivity index (χ0v) is 19.3. The quantitative estimate of drug-likeness (QED) is 0.175. The van der Waals surface area contributed by atoms with Gasteiger partial charge in [-0.1, -0.05) is 142 Å². The van der Waals surface area contributed by atoms with Crippen LogP contribution in [0.2, 0.25) is 0 Å². The van der Waals surface area contributed by atoms with E-state index in [1.807, 2.05) is 0 Å². The van der Waals surface area contributed by atoms with Gasteiger partial charge in [0.15, 0.2) is 0 Å². The molecule has 0 bridgehead atoms. The van der Waals surface area contributed by atoms with Gasteiger partial charge >= 0.3 is 0 Å². The summed E-state index contributed by atoms with van der Waals surface area (Å²) < 4.78 is 0. The Morgan fingerprint density at radius 2 is 0.667 bits per heavy atom. The summed E-state index contributed by atoms with van der Waals surface area (Å²) in [6.07, 6.45) is 30.8. The van der Waals surface area contributed by atoms with Crippen LogP contribution in [-0.4, -0.2) is 11.7 Å². The third-order valence-corrected chi connectivity index (χ3v) is 6.19. The van der Waals surface area contributed by atoms with Crippen molar-refractivity contribution in [3.8, 4) is 0 Å². The average Bonchev–Trinajstić information content (AvgIpc) is 2.69. The van der Waals surface area contributed by atoms with E-state index in [0.29, 0.717) is 12.5 Å². The Balaban J connectivity index is 3.17. The molecule has 0 aromatic rings. The van der Waals surface area contributed by atoms with Crippen molar-refractivity contribution in [3.63, 3.8) is 0 Å². The van der Waals surface area contributed by atoms with Gasteiger partial charge in [0.25, 0.3) is 0 Å². The maximum atomic E-state index is 9.51. The SMILES string of the molecule is CCCCCCCCCCCCCCCCCCC(CO)CCCCCC. The maximum Gasteiger partial charge on any atom is 0.0459 e. The van der Waals surface area contributed by atoms with Crippen LogP contribution in [0.4, 0.5) is 0 Å². The van der Waals surface area contributed by atoms with Gasteiger partial charge in [-0.15, -0.1) is 0 Å². The Kier molecular flexibility index (Phi) is 24.0. The second-order valence-electron chi connectivity index (χ2n) is 8.99. The third kappa shape index (κ3) is 22.1. The summed E-state index contributed by atoms with van der Waals surface area (Å²) in [6, 6.07) is 0. The lowest BCUT2D eigenvalue weighted by atomic mass is 9.95. The minimum atomic E-state index is 0.408. The molecule has 27 heavy (non-hydrogen) atoms. The molecule has 1 N–H and O–H groups in total. The Hall–Kier alpha value is -0.0400. The van der Waals surface area contributed by atoms with Crippen molar-refractivity contribution < 1.29 is 5.11 Å². The van der Waals surface area contributed by atoms with Crippen molar-refractivity contribution in [2.24, 2.45) is 5.92 Å². The van der Waals surface area contributed by atoms with E-state index in [-0.39, 0.29) is 0 Å².